The highest BCUT2D eigenvalue weighted by Gasteiger charge is 2.16. The van der Waals surface area contributed by atoms with E-state index in [1.807, 2.05) is 71.1 Å². The van der Waals surface area contributed by atoms with Gasteiger partial charge in [-0.3, -0.25) is 9.38 Å². The van der Waals surface area contributed by atoms with Crippen molar-refractivity contribution in [3.05, 3.63) is 85.3 Å². The Labute approximate surface area is 165 Å². The lowest BCUT2D eigenvalue weighted by Gasteiger charge is -2.08. The predicted octanol–water partition coefficient (Wildman–Crippen LogP) is 4.55. The van der Waals surface area contributed by atoms with E-state index >= 15 is 0 Å². The molecule has 4 aromatic heterocycles. The molecule has 0 fully saturated rings. The molecule has 6 nitrogen and oxygen atoms in total. The molecule has 0 aliphatic rings. The van der Waals surface area contributed by atoms with Gasteiger partial charge in [-0.25, -0.2) is 19.9 Å². The fourth-order valence-electron chi connectivity index (χ4n) is 3.60. The van der Waals surface area contributed by atoms with Gasteiger partial charge in [-0.2, -0.15) is 0 Å². The number of hydrogen-bond donors (Lipinski definition) is 0. The maximum absolute atomic E-state index is 4.88. The minimum absolute atomic E-state index is 0.545. The van der Waals surface area contributed by atoms with E-state index in [9.17, 15) is 0 Å². The van der Waals surface area contributed by atoms with Crippen LogP contribution in [-0.4, -0.2) is 29.3 Å². The Bertz CT molecular complexity index is 1490. The summed E-state index contributed by atoms with van der Waals surface area (Å²) in [6, 6.07) is 21.8. The van der Waals surface area contributed by atoms with Crippen LogP contribution in [0.5, 0.6) is 0 Å². The third-order valence-corrected chi connectivity index (χ3v) is 4.96. The molecule has 0 aliphatic carbocycles. The number of nitrogens with zero attached hydrogens (tertiary/aromatic N) is 6. The molecule has 6 heteroatoms. The quantitative estimate of drug-likeness (QED) is 0.445. The highest BCUT2D eigenvalue weighted by Crippen LogP contribution is 2.28. The molecular formula is C23H14N6. The molecule has 0 amide bonds. The topological polar surface area (TPSA) is 68.9 Å². The van der Waals surface area contributed by atoms with E-state index in [2.05, 4.69) is 15.0 Å². The Hall–Kier alpha value is -4.19. The van der Waals surface area contributed by atoms with Crippen LogP contribution in [0.1, 0.15) is 0 Å². The minimum Gasteiger partial charge on any atom is -0.273 e. The number of fused-ring (bicyclic) bond motifs is 5. The van der Waals surface area contributed by atoms with Crippen LogP contribution in [0.2, 0.25) is 0 Å². The largest absolute Gasteiger partial charge is 0.273 e. The first-order valence-corrected chi connectivity index (χ1v) is 9.28. The number of para-hydroxylation sites is 3. The van der Waals surface area contributed by atoms with Gasteiger partial charge in [-0.05, 0) is 36.4 Å². The molecule has 4 heterocycles. The summed E-state index contributed by atoms with van der Waals surface area (Å²) in [6.45, 7) is 0. The van der Waals surface area contributed by atoms with E-state index in [1.165, 1.54) is 0 Å². The van der Waals surface area contributed by atoms with Crippen molar-refractivity contribution in [3.8, 4) is 22.9 Å². The fraction of sp³-hybridized carbons (Fsp3) is 0. The summed E-state index contributed by atoms with van der Waals surface area (Å²) in [7, 11) is 0. The van der Waals surface area contributed by atoms with E-state index in [0.29, 0.717) is 11.6 Å². The summed E-state index contributed by atoms with van der Waals surface area (Å²) in [5.41, 5.74) is 5.31. The van der Waals surface area contributed by atoms with Crippen molar-refractivity contribution in [2.24, 2.45) is 0 Å². The number of benzene rings is 2. The summed E-state index contributed by atoms with van der Waals surface area (Å²) < 4.78 is 2.04. The Morgan fingerprint density at radius 2 is 1.41 bits per heavy atom. The van der Waals surface area contributed by atoms with Crippen molar-refractivity contribution in [2.45, 2.75) is 0 Å². The fourth-order valence-corrected chi connectivity index (χ4v) is 3.60. The molecule has 0 N–H and O–H groups in total. The van der Waals surface area contributed by atoms with Gasteiger partial charge >= 0.3 is 0 Å². The van der Waals surface area contributed by atoms with Crippen LogP contribution in [0.25, 0.3) is 50.5 Å². The van der Waals surface area contributed by atoms with Crippen molar-refractivity contribution in [3.63, 3.8) is 0 Å². The Morgan fingerprint density at radius 3 is 2.24 bits per heavy atom. The average Bonchev–Trinajstić information content (AvgIpc) is 3.19. The molecule has 136 valence electrons. The van der Waals surface area contributed by atoms with Gasteiger partial charge in [0, 0.05) is 29.5 Å². The van der Waals surface area contributed by atoms with Crippen LogP contribution in [0, 0.1) is 0 Å². The Kier molecular flexibility index (Phi) is 3.37. The molecular weight excluding hydrogens is 360 g/mol. The summed E-state index contributed by atoms with van der Waals surface area (Å²) in [6.07, 6.45) is 5.33. The van der Waals surface area contributed by atoms with Crippen LogP contribution >= 0.6 is 0 Å². The number of hydrogen-bond acceptors (Lipinski definition) is 5. The Morgan fingerprint density at radius 1 is 0.655 bits per heavy atom. The predicted molar refractivity (Wildman–Crippen MR) is 112 cm³/mol. The summed E-state index contributed by atoms with van der Waals surface area (Å²) in [5.74, 6) is 1.21. The highest BCUT2D eigenvalue weighted by molar-refractivity contribution is 5.97. The molecule has 0 saturated heterocycles. The second-order valence-electron chi connectivity index (χ2n) is 6.72. The molecule has 29 heavy (non-hydrogen) atoms. The van der Waals surface area contributed by atoms with Gasteiger partial charge in [-0.15, -0.1) is 0 Å². The molecule has 6 rings (SSSR count). The highest BCUT2D eigenvalue weighted by atomic mass is 15.1. The second kappa shape index (κ2) is 6.17. The van der Waals surface area contributed by atoms with Gasteiger partial charge in [0.15, 0.2) is 11.6 Å². The molecule has 6 aromatic rings. The number of aromatic nitrogens is 6. The Balaban J connectivity index is 1.64. The summed E-state index contributed by atoms with van der Waals surface area (Å²) in [5, 5.41) is 0.998. The molecule has 2 aromatic carbocycles. The van der Waals surface area contributed by atoms with Crippen molar-refractivity contribution < 1.29 is 0 Å². The molecule has 0 spiro atoms. The summed E-state index contributed by atoms with van der Waals surface area (Å²) in [4.78, 5) is 23.3. The third kappa shape index (κ3) is 2.46. The van der Waals surface area contributed by atoms with Crippen LogP contribution in [0.3, 0.4) is 0 Å². The van der Waals surface area contributed by atoms with E-state index in [1.54, 1.807) is 18.6 Å². The standard InChI is InChI=1S/C23H14N6/c1-2-9-18-16(7-1)22-28-19-10-3-4-11-20(19)29(22)23(27-18)21-25-13-15(14-26-21)17-8-5-6-12-24-17/h1-14H. The number of imidazole rings is 1. The van der Waals surface area contributed by atoms with Gasteiger partial charge < -0.3 is 0 Å². The van der Waals surface area contributed by atoms with E-state index in [-0.39, 0.29) is 0 Å². The molecule has 0 unspecified atom stereocenters. The number of rotatable bonds is 2. The maximum Gasteiger partial charge on any atom is 0.196 e. The van der Waals surface area contributed by atoms with Crippen molar-refractivity contribution >= 4 is 27.6 Å². The van der Waals surface area contributed by atoms with Crippen LogP contribution in [0.4, 0.5) is 0 Å². The first kappa shape index (κ1) is 15.8. The van der Waals surface area contributed by atoms with Crippen molar-refractivity contribution in [2.75, 3.05) is 0 Å². The third-order valence-electron chi connectivity index (χ3n) is 4.96. The summed E-state index contributed by atoms with van der Waals surface area (Å²) >= 11 is 0. The van der Waals surface area contributed by atoms with Crippen molar-refractivity contribution in [1.82, 2.24) is 29.3 Å². The van der Waals surface area contributed by atoms with Crippen molar-refractivity contribution in [1.29, 1.82) is 0 Å². The van der Waals surface area contributed by atoms with Gasteiger partial charge in [-0.1, -0.05) is 30.3 Å². The van der Waals surface area contributed by atoms with Gasteiger partial charge in [0.25, 0.3) is 0 Å². The molecule has 0 aliphatic heterocycles. The molecule has 0 saturated carbocycles. The monoisotopic (exact) mass is 374 g/mol. The average molecular weight is 374 g/mol. The SMILES string of the molecule is c1ccc(-c2cnc(-c3nc4ccccc4c4nc5ccccc5n34)nc2)nc1. The minimum atomic E-state index is 0.545. The van der Waals surface area contributed by atoms with E-state index in [4.69, 9.17) is 9.97 Å². The van der Waals surface area contributed by atoms with Gasteiger partial charge in [0.05, 0.1) is 22.2 Å². The maximum atomic E-state index is 4.88. The second-order valence-corrected chi connectivity index (χ2v) is 6.72. The lowest BCUT2D eigenvalue weighted by atomic mass is 10.2. The zero-order chi connectivity index (χ0) is 19.2. The normalized spacial score (nSPS) is 11.4. The lowest BCUT2D eigenvalue weighted by Crippen LogP contribution is -2.01. The lowest BCUT2D eigenvalue weighted by molar-refractivity contribution is 1.07. The van der Waals surface area contributed by atoms with E-state index < -0.39 is 0 Å². The van der Waals surface area contributed by atoms with Gasteiger partial charge in [0.2, 0.25) is 0 Å². The van der Waals surface area contributed by atoms with Crippen LogP contribution in [-0.2, 0) is 0 Å². The zero-order valence-corrected chi connectivity index (χ0v) is 15.3. The van der Waals surface area contributed by atoms with Gasteiger partial charge in [0.1, 0.15) is 5.65 Å². The van der Waals surface area contributed by atoms with E-state index in [0.717, 1.165) is 38.8 Å². The number of pyridine rings is 1. The molecule has 0 atom stereocenters. The smallest absolute Gasteiger partial charge is 0.196 e. The van der Waals surface area contributed by atoms with Crippen LogP contribution < -0.4 is 0 Å². The molecule has 0 radical (unpaired) electrons. The van der Waals surface area contributed by atoms with Crippen LogP contribution in [0.15, 0.2) is 85.3 Å². The zero-order valence-electron chi connectivity index (χ0n) is 15.3. The first-order chi connectivity index (χ1) is 14.4. The first-order valence-electron chi connectivity index (χ1n) is 9.28. The molecule has 0 bridgehead atoms.